The molecule has 0 unspecified atom stereocenters. The maximum atomic E-state index is 10.9. The Balaban J connectivity index is 3.54. The van der Waals surface area contributed by atoms with Gasteiger partial charge in [-0.25, -0.2) is 0 Å². The summed E-state index contributed by atoms with van der Waals surface area (Å²) in [5, 5.41) is 0. The molecule has 0 saturated carbocycles. The van der Waals surface area contributed by atoms with Gasteiger partial charge in [0.25, 0.3) is 0 Å². The van der Waals surface area contributed by atoms with Crippen molar-refractivity contribution in [3.05, 3.63) is 0 Å². The predicted octanol–water partition coefficient (Wildman–Crippen LogP) is 1.27. The molecular weight excluding hydrogens is 142 g/mol. The van der Waals surface area contributed by atoms with Gasteiger partial charge in [0.15, 0.2) is 0 Å². The van der Waals surface area contributed by atoms with Crippen LogP contribution in [-0.2, 0) is 9.53 Å². The predicted molar refractivity (Wildman–Crippen MR) is 44.8 cm³/mol. The number of esters is 1. The van der Waals surface area contributed by atoms with E-state index in [1.54, 1.807) is 13.8 Å². The van der Waals surface area contributed by atoms with Crippen LogP contribution in [0.25, 0.3) is 0 Å². The van der Waals surface area contributed by atoms with E-state index in [1.807, 2.05) is 6.92 Å². The normalized spacial score (nSPS) is 12.7. The minimum atomic E-state index is -0.180. The smallest absolute Gasteiger partial charge is 0.308 e. The lowest BCUT2D eigenvalue weighted by Gasteiger charge is -2.08. The van der Waals surface area contributed by atoms with E-state index in [-0.39, 0.29) is 17.9 Å². The van der Waals surface area contributed by atoms with Gasteiger partial charge in [-0.3, -0.25) is 9.79 Å². The number of carbonyl (C=O) groups is 1. The van der Waals surface area contributed by atoms with Crippen LogP contribution in [0.3, 0.4) is 0 Å². The van der Waals surface area contributed by atoms with Crippen LogP contribution in [-0.4, -0.2) is 25.3 Å². The first-order valence-electron chi connectivity index (χ1n) is 3.70. The molecule has 3 nitrogen and oxygen atoms in total. The van der Waals surface area contributed by atoms with Crippen molar-refractivity contribution >= 4 is 12.7 Å². The van der Waals surface area contributed by atoms with Crippen LogP contribution in [0.2, 0.25) is 0 Å². The average Bonchev–Trinajstić information content (AvgIpc) is 1.99. The molecule has 3 heteroatoms. The second-order valence-electron chi connectivity index (χ2n) is 2.82. The van der Waals surface area contributed by atoms with Crippen molar-refractivity contribution in [1.29, 1.82) is 0 Å². The van der Waals surface area contributed by atoms with E-state index in [0.717, 1.165) is 0 Å². The third-order valence-electron chi connectivity index (χ3n) is 1.25. The van der Waals surface area contributed by atoms with Gasteiger partial charge in [-0.2, -0.15) is 0 Å². The molecule has 0 aromatic carbocycles. The van der Waals surface area contributed by atoms with E-state index in [1.165, 1.54) is 0 Å². The summed E-state index contributed by atoms with van der Waals surface area (Å²) in [7, 11) is 0. The highest BCUT2D eigenvalue weighted by Crippen LogP contribution is 1.97. The van der Waals surface area contributed by atoms with Crippen LogP contribution in [0.5, 0.6) is 0 Å². The summed E-state index contributed by atoms with van der Waals surface area (Å²) in [6, 6.07) is -0.00213. The van der Waals surface area contributed by atoms with Gasteiger partial charge in [-0.05, 0) is 13.6 Å². The molecule has 0 aliphatic heterocycles. The molecule has 0 aromatic heterocycles. The van der Waals surface area contributed by atoms with Crippen molar-refractivity contribution in [3.8, 4) is 0 Å². The molecule has 0 N–H and O–H groups in total. The Labute approximate surface area is 67.5 Å². The average molecular weight is 157 g/mol. The maximum absolute atomic E-state index is 10.9. The second-order valence-corrected chi connectivity index (χ2v) is 2.82. The first-order valence-corrected chi connectivity index (χ1v) is 3.70. The minimum Gasteiger partial charge on any atom is -0.463 e. The monoisotopic (exact) mass is 157 g/mol. The van der Waals surface area contributed by atoms with E-state index in [9.17, 15) is 4.79 Å². The van der Waals surface area contributed by atoms with Gasteiger partial charge in [0.05, 0.1) is 12.0 Å². The number of hydrogen-bond donors (Lipinski definition) is 0. The zero-order valence-electron chi connectivity index (χ0n) is 7.33. The van der Waals surface area contributed by atoms with Crippen molar-refractivity contribution in [3.63, 3.8) is 0 Å². The maximum Gasteiger partial charge on any atom is 0.308 e. The largest absolute Gasteiger partial charge is 0.463 e. The lowest BCUT2D eigenvalue weighted by molar-refractivity contribution is -0.147. The van der Waals surface area contributed by atoms with Gasteiger partial charge in [0.1, 0.15) is 6.61 Å². The Hall–Kier alpha value is -0.860. The summed E-state index contributed by atoms with van der Waals surface area (Å²) in [4.78, 5) is 14.6. The van der Waals surface area contributed by atoms with E-state index in [0.29, 0.717) is 6.61 Å². The quantitative estimate of drug-likeness (QED) is 0.455. The van der Waals surface area contributed by atoms with Crippen LogP contribution in [0.1, 0.15) is 20.8 Å². The van der Waals surface area contributed by atoms with Gasteiger partial charge in [0, 0.05) is 0 Å². The Morgan fingerprint density at radius 1 is 1.55 bits per heavy atom. The topological polar surface area (TPSA) is 38.7 Å². The fourth-order valence-corrected chi connectivity index (χ4v) is 0.422. The molecule has 0 fully saturated rings. The Bertz CT molecular complexity index is 143. The summed E-state index contributed by atoms with van der Waals surface area (Å²) < 4.78 is 4.88. The van der Waals surface area contributed by atoms with Gasteiger partial charge in [-0.15, -0.1) is 0 Å². The minimum absolute atomic E-state index is 0.00213. The highest BCUT2D eigenvalue weighted by Gasteiger charge is 2.08. The molecule has 0 saturated heterocycles. The molecule has 0 heterocycles. The zero-order valence-corrected chi connectivity index (χ0v) is 7.33. The van der Waals surface area contributed by atoms with Gasteiger partial charge >= 0.3 is 5.97 Å². The molecule has 0 rings (SSSR count). The van der Waals surface area contributed by atoms with Crippen LogP contribution < -0.4 is 0 Å². The second kappa shape index (κ2) is 4.88. The zero-order chi connectivity index (χ0) is 8.85. The molecule has 0 aliphatic carbocycles. The van der Waals surface area contributed by atoms with Crippen LogP contribution in [0.15, 0.2) is 4.99 Å². The Morgan fingerprint density at radius 2 is 2.09 bits per heavy atom. The fraction of sp³-hybridized carbons (Fsp3) is 0.750. The van der Waals surface area contributed by atoms with Crippen LogP contribution >= 0.6 is 0 Å². The summed E-state index contributed by atoms with van der Waals surface area (Å²) in [5.41, 5.74) is 0. The lowest BCUT2D eigenvalue weighted by atomic mass is 10.2. The van der Waals surface area contributed by atoms with E-state index >= 15 is 0 Å². The summed E-state index contributed by atoms with van der Waals surface area (Å²) >= 11 is 0. The van der Waals surface area contributed by atoms with E-state index in [2.05, 4.69) is 11.7 Å². The standard InChI is InChI=1S/C8H15NO2/c1-6(2)8(10)11-5-7(3)9-4/h6-7H,4-5H2,1-3H3/t7-/m1/s1. The number of hydrogen-bond acceptors (Lipinski definition) is 3. The number of nitrogens with zero attached hydrogens (tertiary/aromatic N) is 1. The first kappa shape index (κ1) is 10.1. The van der Waals surface area contributed by atoms with Gasteiger partial charge in [-0.1, -0.05) is 13.8 Å². The molecule has 1 atom stereocenters. The van der Waals surface area contributed by atoms with Crippen molar-refractivity contribution in [1.82, 2.24) is 0 Å². The first-order chi connectivity index (χ1) is 5.07. The fourth-order valence-electron chi connectivity index (χ4n) is 0.422. The van der Waals surface area contributed by atoms with Crippen molar-refractivity contribution < 1.29 is 9.53 Å². The Kier molecular flexibility index (Phi) is 4.50. The van der Waals surface area contributed by atoms with Gasteiger partial charge in [0.2, 0.25) is 0 Å². The third-order valence-corrected chi connectivity index (χ3v) is 1.25. The molecule has 11 heavy (non-hydrogen) atoms. The number of ether oxygens (including phenoxy) is 1. The number of aliphatic imine (C=N–C) groups is 1. The number of carbonyl (C=O) groups excluding carboxylic acids is 1. The van der Waals surface area contributed by atoms with Crippen LogP contribution in [0, 0.1) is 5.92 Å². The molecule has 0 aliphatic rings. The van der Waals surface area contributed by atoms with E-state index in [4.69, 9.17) is 4.74 Å². The molecule has 0 amide bonds. The van der Waals surface area contributed by atoms with Crippen LogP contribution in [0.4, 0.5) is 0 Å². The SMILES string of the molecule is C=N[C@H](C)COC(=O)C(C)C. The number of rotatable bonds is 4. The highest BCUT2D eigenvalue weighted by atomic mass is 16.5. The molecule has 64 valence electrons. The third kappa shape index (κ3) is 4.53. The Morgan fingerprint density at radius 3 is 2.45 bits per heavy atom. The van der Waals surface area contributed by atoms with Crippen molar-refractivity contribution in [2.24, 2.45) is 10.9 Å². The molecule has 0 bridgehead atoms. The van der Waals surface area contributed by atoms with Crippen molar-refractivity contribution in [2.45, 2.75) is 26.8 Å². The summed E-state index contributed by atoms with van der Waals surface area (Å²) in [6.07, 6.45) is 0. The molecule has 0 aromatic rings. The van der Waals surface area contributed by atoms with Crippen molar-refractivity contribution in [2.75, 3.05) is 6.61 Å². The summed E-state index contributed by atoms with van der Waals surface area (Å²) in [6.45, 7) is 9.12. The van der Waals surface area contributed by atoms with E-state index < -0.39 is 0 Å². The molecule has 0 radical (unpaired) electrons. The highest BCUT2D eigenvalue weighted by molar-refractivity contribution is 5.71. The molecular formula is C8H15NO2. The summed E-state index contributed by atoms with van der Waals surface area (Å²) in [5.74, 6) is -0.243. The lowest BCUT2D eigenvalue weighted by Crippen LogP contribution is -2.17. The molecule has 0 spiro atoms. The van der Waals surface area contributed by atoms with Gasteiger partial charge < -0.3 is 4.74 Å².